The Hall–Kier alpha value is -2.20. The molecule has 1 aliphatic heterocycles. The van der Waals surface area contributed by atoms with Gasteiger partial charge >= 0.3 is 0 Å². The Morgan fingerprint density at radius 2 is 1.18 bits per heavy atom. The van der Waals surface area contributed by atoms with Crippen molar-refractivity contribution in [2.24, 2.45) is 0 Å². The first-order chi connectivity index (χ1) is 13.8. The highest BCUT2D eigenvalue weighted by Gasteiger charge is 2.13. The molecule has 0 fully saturated rings. The third kappa shape index (κ3) is 5.41. The van der Waals surface area contributed by atoms with E-state index < -0.39 is 0 Å². The van der Waals surface area contributed by atoms with Crippen LogP contribution in [0.3, 0.4) is 0 Å². The molecule has 1 aliphatic carbocycles. The molecule has 0 radical (unpaired) electrons. The molecule has 28 heavy (non-hydrogen) atoms. The minimum atomic E-state index is 0.186. The molecule has 4 rings (SSSR count). The van der Waals surface area contributed by atoms with Gasteiger partial charge in [0.05, 0.1) is 13.2 Å². The van der Waals surface area contributed by atoms with Crippen LogP contribution < -0.4 is 5.32 Å². The lowest BCUT2D eigenvalue weighted by Crippen LogP contribution is -2.25. The second-order valence-corrected chi connectivity index (χ2v) is 7.35. The summed E-state index contributed by atoms with van der Waals surface area (Å²) in [5.74, 6) is 0. The van der Waals surface area contributed by atoms with Crippen LogP contribution >= 0.6 is 0 Å². The molecule has 3 N–H and O–H groups in total. The summed E-state index contributed by atoms with van der Waals surface area (Å²) < 4.78 is 0. The zero-order valence-corrected chi connectivity index (χ0v) is 16.5. The van der Waals surface area contributed by atoms with Gasteiger partial charge < -0.3 is 15.5 Å². The lowest BCUT2D eigenvalue weighted by molar-refractivity contribution is 0.324. The molecule has 2 aromatic rings. The Morgan fingerprint density at radius 1 is 0.643 bits per heavy atom. The summed E-state index contributed by atoms with van der Waals surface area (Å²) in [7, 11) is 0. The Balaban J connectivity index is 0.000000161. The molecule has 0 atom stereocenters. The Kier molecular flexibility index (Phi) is 8.04. The molecule has 0 spiro atoms. The minimum absolute atomic E-state index is 0.186. The smallest absolute Gasteiger partial charge is 0.0648 e. The SMILES string of the molecule is OCC1=C(c2ccccc2)CCCC1.OCC1=C(c2ccccc2)CNCC1. The van der Waals surface area contributed by atoms with E-state index in [9.17, 15) is 10.2 Å². The van der Waals surface area contributed by atoms with Gasteiger partial charge in [0.15, 0.2) is 0 Å². The lowest BCUT2D eigenvalue weighted by Gasteiger charge is -2.20. The van der Waals surface area contributed by atoms with Crippen molar-refractivity contribution in [3.8, 4) is 0 Å². The largest absolute Gasteiger partial charge is 0.392 e. The predicted octanol–water partition coefficient (Wildman–Crippen LogP) is 4.43. The van der Waals surface area contributed by atoms with Crippen molar-refractivity contribution in [3.63, 3.8) is 0 Å². The molecule has 3 heteroatoms. The molecule has 2 aliphatic rings. The number of allylic oxidation sites excluding steroid dienone is 1. The number of aliphatic hydroxyl groups is 2. The monoisotopic (exact) mass is 377 g/mol. The van der Waals surface area contributed by atoms with Crippen LogP contribution in [0.25, 0.3) is 11.1 Å². The lowest BCUT2D eigenvalue weighted by atomic mass is 9.88. The first kappa shape index (κ1) is 20.5. The summed E-state index contributed by atoms with van der Waals surface area (Å²) in [5.41, 5.74) is 7.57. The van der Waals surface area contributed by atoms with Crippen LogP contribution in [-0.4, -0.2) is 36.5 Å². The maximum atomic E-state index is 9.26. The van der Waals surface area contributed by atoms with E-state index in [1.807, 2.05) is 24.3 Å². The van der Waals surface area contributed by atoms with Gasteiger partial charge in [-0.3, -0.25) is 0 Å². The third-order valence-corrected chi connectivity index (χ3v) is 5.54. The van der Waals surface area contributed by atoms with Crippen LogP contribution in [0, 0.1) is 0 Å². The van der Waals surface area contributed by atoms with Crippen molar-refractivity contribution < 1.29 is 10.2 Å². The Bertz CT molecular complexity index is 724. The van der Waals surface area contributed by atoms with E-state index in [4.69, 9.17) is 0 Å². The first-order valence-corrected chi connectivity index (χ1v) is 10.3. The summed E-state index contributed by atoms with van der Waals surface area (Å²) in [4.78, 5) is 0. The van der Waals surface area contributed by atoms with Gasteiger partial charge in [0, 0.05) is 6.54 Å². The number of nitrogens with one attached hydrogen (secondary N) is 1. The summed E-state index contributed by atoms with van der Waals surface area (Å²) in [6.07, 6.45) is 5.64. The zero-order valence-electron chi connectivity index (χ0n) is 16.5. The number of hydrogen-bond acceptors (Lipinski definition) is 3. The summed E-state index contributed by atoms with van der Waals surface area (Å²) in [5, 5.41) is 21.8. The van der Waals surface area contributed by atoms with E-state index >= 15 is 0 Å². The van der Waals surface area contributed by atoms with Gasteiger partial charge in [0.2, 0.25) is 0 Å². The second-order valence-electron chi connectivity index (χ2n) is 7.35. The second kappa shape index (κ2) is 11.0. The molecule has 0 saturated heterocycles. The van der Waals surface area contributed by atoms with Crippen LogP contribution in [0.2, 0.25) is 0 Å². The fourth-order valence-corrected chi connectivity index (χ4v) is 3.98. The average molecular weight is 378 g/mol. The number of benzene rings is 2. The van der Waals surface area contributed by atoms with Crippen LogP contribution in [0.1, 0.15) is 43.2 Å². The van der Waals surface area contributed by atoms with E-state index in [2.05, 4.69) is 41.7 Å². The van der Waals surface area contributed by atoms with E-state index in [0.717, 1.165) is 32.4 Å². The number of aliphatic hydroxyl groups excluding tert-OH is 2. The van der Waals surface area contributed by atoms with Gasteiger partial charge in [-0.25, -0.2) is 0 Å². The third-order valence-electron chi connectivity index (χ3n) is 5.54. The fraction of sp³-hybridized carbons (Fsp3) is 0.360. The van der Waals surface area contributed by atoms with Crippen molar-refractivity contribution in [2.45, 2.75) is 32.1 Å². The number of hydrogen-bond donors (Lipinski definition) is 3. The normalized spacial score (nSPS) is 17.2. The van der Waals surface area contributed by atoms with Gasteiger partial charge in [0.1, 0.15) is 0 Å². The van der Waals surface area contributed by atoms with Crippen molar-refractivity contribution in [1.29, 1.82) is 0 Å². The Morgan fingerprint density at radius 3 is 1.79 bits per heavy atom. The van der Waals surface area contributed by atoms with Crippen molar-refractivity contribution in [3.05, 3.63) is 82.9 Å². The van der Waals surface area contributed by atoms with E-state index in [1.165, 1.54) is 46.3 Å². The van der Waals surface area contributed by atoms with Crippen LogP contribution in [0.15, 0.2) is 71.8 Å². The van der Waals surface area contributed by atoms with Gasteiger partial charge in [-0.15, -0.1) is 0 Å². The molecular formula is C25H31NO2. The summed E-state index contributed by atoms with van der Waals surface area (Å²) in [6, 6.07) is 20.7. The van der Waals surface area contributed by atoms with Gasteiger partial charge in [-0.2, -0.15) is 0 Å². The van der Waals surface area contributed by atoms with Crippen LogP contribution in [0.5, 0.6) is 0 Å². The van der Waals surface area contributed by atoms with Crippen LogP contribution in [0.4, 0.5) is 0 Å². The first-order valence-electron chi connectivity index (χ1n) is 10.3. The van der Waals surface area contributed by atoms with Gasteiger partial charge in [-0.05, 0) is 72.1 Å². The zero-order chi connectivity index (χ0) is 19.6. The summed E-state index contributed by atoms with van der Waals surface area (Å²) in [6.45, 7) is 2.27. The van der Waals surface area contributed by atoms with E-state index in [0.29, 0.717) is 0 Å². The molecule has 2 aromatic carbocycles. The molecule has 0 unspecified atom stereocenters. The number of rotatable bonds is 4. The topological polar surface area (TPSA) is 52.5 Å². The standard InChI is InChI=1S/C13H16O.C12H15NO/c14-10-12-8-4-5-9-13(12)11-6-2-1-3-7-11;14-9-11-6-7-13-8-12(11)10-4-2-1-3-5-10/h1-3,6-7,14H,4-5,8-10H2;1-5,13-14H,6-9H2. The molecule has 0 bridgehead atoms. The highest BCUT2D eigenvalue weighted by Crippen LogP contribution is 2.31. The maximum Gasteiger partial charge on any atom is 0.0648 e. The molecular weight excluding hydrogens is 346 g/mol. The molecule has 0 aromatic heterocycles. The van der Waals surface area contributed by atoms with E-state index in [1.54, 1.807) is 0 Å². The molecule has 148 valence electrons. The van der Waals surface area contributed by atoms with Gasteiger partial charge in [-0.1, -0.05) is 60.7 Å². The molecule has 0 amide bonds. The fourth-order valence-electron chi connectivity index (χ4n) is 3.98. The molecule has 0 saturated carbocycles. The average Bonchev–Trinajstić information content (AvgIpc) is 2.80. The maximum absolute atomic E-state index is 9.26. The van der Waals surface area contributed by atoms with Gasteiger partial charge in [0.25, 0.3) is 0 Å². The predicted molar refractivity (Wildman–Crippen MR) is 117 cm³/mol. The summed E-state index contributed by atoms with van der Waals surface area (Å²) >= 11 is 0. The molecule has 3 nitrogen and oxygen atoms in total. The van der Waals surface area contributed by atoms with Crippen molar-refractivity contribution >= 4 is 11.1 Å². The van der Waals surface area contributed by atoms with Crippen LogP contribution in [-0.2, 0) is 0 Å². The van der Waals surface area contributed by atoms with E-state index in [-0.39, 0.29) is 13.2 Å². The molecule has 1 heterocycles. The highest BCUT2D eigenvalue weighted by atomic mass is 16.3. The Labute approximate surface area is 168 Å². The minimum Gasteiger partial charge on any atom is -0.392 e. The van der Waals surface area contributed by atoms with Crippen molar-refractivity contribution in [1.82, 2.24) is 5.32 Å². The highest BCUT2D eigenvalue weighted by molar-refractivity contribution is 5.71. The van der Waals surface area contributed by atoms with Crippen molar-refractivity contribution in [2.75, 3.05) is 26.3 Å². The quantitative estimate of drug-likeness (QED) is 0.739.